The molecule has 0 amide bonds. The van der Waals surface area contributed by atoms with E-state index >= 15 is 0 Å². The van der Waals surface area contributed by atoms with Gasteiger partial charge in [-0.3, -0.25) is 0 Å². The first kappa shape index (κ1) is 17.9. The molecule has 3 atom stereocenters. The summed E-state index contributed by atoms with van der Waals surface area (Å²) in [6, 6.07) is 0. The van der Waals surface area contributed by atoms with Gasteiger partial charge in [-0.25, -0.2) is 0 Å². The molecule has 2 nitrogen and oxygen atoms in total. The number of rotatable bonds is 6. The summed E-state index contributed by atoms with van der Waals surface area (Å²) in [5.41, 5.74) is 0.350. The van der Waals surface area contributed by atoms with Crippen LogP contribution in [0.15, 0.2) is 36.0 Å². The predicted molar refractivity (Wildman–Crippen MR) is 95.1 cm³/mol. The summed E-state index contributed by atoms with van der Waals surface area (Å²) in [7, 11) is 0. The minimum atomic E-state index is -0.528. The van der Waals surface area contributed by atoms with Gasteiger partial charge in [0, 0.05) is 10.8 Å². The van der Waals surface area contributed by atoms with E-state index < -0.39 is 10.8 Å². The lowest BCUT2D eigenvalue weighted by atomic mass is 9.51. The Morgan fingerprint density at radius 3 is 2.52 bits per heavy atom. The van der Waals surface area contributed by atoms with E-state index in [0.717, 1.165) is 38.3 Å². The van der Waals surface area contributed by atoms with Crippen molar-refractivity contribution in [2.45, 2.75) is 59.3 Å². The third kappa shape index (κ3) is 3.41. The molecule has 2 heteroatoms. The summed E-state index contributed by atoms with van der Waals surface area (Å²) in [6.07, 6.45) is 18.1. The first-order valence-electron chi connectivity index (χ1n) is 8.92. The van der Waals surface area contributed by atoms with Crippen molar-refractivity contribution in [3.05, 3.63) is 36.0 Å². The molecule has 0 aromatic heterocycles. The third-order valence-corrected chi connectivity index (χ3v) is 5.90. The minimum Gasteiger partial charge on any atom is -0.303 e. The van der Waals surface area contributed by atoms with Crippen LogP contribution in [0.25, 0.3) is 0 Å². The molecule has 2 aliphatic rings. The van der Waals surface area contributed by atoms with Gasteiger partial charge in [0.25, 0.3) is 0 Å². The second-order valence-electron chi connectivity index (χ2n) is 7.69. The fourth-order valence-electron chi connectivity index (χ4n) is 4.20. The monoisotopic (exact) mass is 314 g/mol. The van der Waals surface area contributed by atoms with Gasteiger partial charge < -0.3 is 9.59 Å². The molecular formula is C21H30O2. The fourth-order valence-corrected chi connectivity index (χ4v) is 4.20. The van der Waals surface area contributed by atoms with E-state index in [9.17, 15) is 9.59 Å². The average Bonchev–Trinajstić information content (AvgIpc) is 2.56. The van der Waals surface area contributed by atoms with Gasteiger partial charge >= 0.3 is 0 Å². The van der Waals surface area contributed by atoms with E-state index in [1.54, 1.807) is 0 Å². The second-order valence-corrected chi connectivity index (χ2v) is 7.69. The number of aldehydes is 2. The highest BCUT2D eigenvalue weighted by molar-refractivity contribution is 5.74. The largest absolute Gasteiger partial charge is 0.303 e. The van der Waals surface area contributed by atoms with Crippen molar-refractivity contribution in [3.63, 3.8) is 0 Å². The number of allylic oxidation sites excluding steroid dienone is 6. The van der Waals surface area contributed by atoms with Gasteiger partial charge in [0.05, 0.1) is 0 Å². The van der Waals surface area contributed by atoms with Gasteiger partial charge in [-0.2, -0.15) is 0 Å². The highest BCUT2D eigenvalue weighted by Crippen LogP contribution is 2.55. The van der Waals surface area contributed by atoms with Crippen molar-refractivity contribution in [1.29, 1.82) is 0 Å². The number of carbonyl (C=O) groups is 2. The molecule has 0 saturated carbocycles. The molecule has 0 N–H and O–H groups in total. The zero-order valence-electron chi connectivity index (χ0n) is 14.8. The van der Waals surface area contributed by atoms with E-state index in [4.69, 9.17) is 0 Å². The molecule has 126 valence electrons. The molecule has 0 aliphatic heterocycles. The van der Waals surface area contributed by atoms with Crippen molar-refractivity contribution in [2.75, 3.05) is 0 Å². The minimum absolute atomic E-state index is 0.228. The highest BCUT2D eigenvalue weighted by atomic mass is 16.1. The summed E-state index contributed by atoms with van der Waals surface area (Å²) in [5, 5.41) is 0. The molecule has 0 aromatic carbocycles. The van der Waals surface area contributed by atoms with Crippen LogP contribution in [0, 0.1) is 22.7 Å². The Labute approximate surface area is 140 Å². The quantitative estimate of drug-likeness (QED) is 0.507. The van der Waals surface area contributed by atoms with E-state index in [1.165, 1.54) is 5.57 Å². The molecule has 2 aliphatic carbocycles. The van der Waals surface area contributed by atoms with Crippen LogP contribution >= 0.6 is 0 Å². The van der Waals surface area contributed by atoms with Gasteiger partial charge in [-0.05, 0) is 50.4 Å². The molecule has 0 aromatic rings. The van der Waals surface area contributed by atoms with E-state index in [-0.39, 0.29) is 5.92 Å². The van der Waals surface area contributed by atoms with Gasteiger partial charge in [-0.15, -0.1) is 0 Å². The Kier molecular flexibility index (Phi) is 5.78. The number of carbonyl (C=O) groups excluding carboxylic acids is 2. The number of hydrogen-bond donors (Lipinski definition) is 0. The molecule has 0 saturated heterocycles. The van der Waals surface area contributed by atoms with Crippen LogP contribution in [0.4, 0.5) is 0 Å². The van der Waals surface area contributed by atoms with Crippen LogP contribution in [0.5, 0.6) is 0 Å². The van der Waals surface area contributed by atoms with Gasteiger partial charge in [0.2, 0.25) is 0 Å². The smallest absolute Gasteiger partial charge is 0.127 e. The summed E-state index contributed by atoms with van der Waals surface area (Å²) in [5.74, 6) is 0.799. The van der Waals surface area contributed by atoms with Gasteiger partial charge in [0.1, 0.15) is 12.6 Å². The van der Waals surface area contributed by atoms with Crippen molar-refractivity contribution in [1.82, 2.24) is 0 Å². The molecular weight excluding hydrogens is 284 g/mol. The fraction of sp³-hybridized carbons (Fsp3) is 0.619. The summed E-state index contributed by atoms with van der Waals surface area (Å²) >= 11 is 0. The van der Waals surface area contributed by atoms with E-state index in [2.05, 4.69) is 51.2 Å². The molecule has 2 rings (SSSR count). The van der Waals surface area contributed by atoms with Crippen molar-refractivity contribution >= 4 is 12.6 Å². The van der Waals surface area contributed by atoms with E-state index in [1.807, 2.05) is 0 Å². The molecule has 23 heavy (non-hydrogen) atoms. The van der Waals surface area contributed by atoms with Crippen LogP contribution in [-0.4, -0.2) is 12.6 Å². The van der Waals surface area contributed by atoms with E-state index in [0.29, 0.717) is 18.8 Å². The molecule has 0 bridgehead atoms. The van der Waals surface area contributed by atoms with Crippen LogP contribution in [0.1, 0.15) is 59.3 Å². The molecule has 0 radical (unpaired) electrons. The lowest BCUT2D eigenvalue weighted by molar-refractivity contribution is -0.141. The predicted octanol–water partition coefficient (Wildman–Crippen LogP) is 5.06. The Morgan fingerprint density at radius 1 is 1.22 bits per heavy atom. The van der Waals surface area contributed by atoms with Crippen LogP contribution < -0.4 is 0 Å². The van der Waals surface area contributed by atoms with Crippen molar-refractivity contribution < 1.29 is 9.59 Å². The maximum Gasteiger partial charge on any atom is 0.127 e. The van der Waals surface area contributed by atoms with Crippen LogP contribution in [0.3, 0.4) is 0 Å². The maximum absolute atomic E-state index is 12.1. The summed E-state index contributed by atoms with van der Waals surface area (Å²) in [6.45, 7) is 6.47. The third-order valence-electron chi connectivity index (χ3n) is 5.90. The van der Waals surface area contributed by atoms with Gasteiger partial charge in [0.15, 0.2) is 0 Å². The molecule has 3 unspecified atom stereocenters. The Balaban J connectivity index is 2.20. The molecule has 0 fully saturated rings. The average molecular weight is 314 g/mol. The maximum atomic E-state index is 12.1. The SMILES string of the molecule is CC(C)C=CCC1=CCC(C=O)(C2(C=O)CC=CCC2C)CC1. The van der Waals surface area contributed by atoms with Crippen LogP contribution in [-0.2, 0) is 9.59 Å². The highest BCUT2D eigenvalue weighted by Gasteiger charge is 2.54. The zero-order valence-corrected chi connectivity index (χ0v) is 14.8. The lowest BCUT2D eigenvalue weighted by Gasteiger charge is -2.50. The lowest BCUT2D eigenvalue weighted by Crippen LogP contribution is -2.50. The normalized spacial score (nSPS) is 34.6. The second kappa shape index (κ2) is 7.42. The topological polar surface area (TPSA) is 34.1 Å². The number of hydrogen-bond acceptors (Lipinski definition) is 2. The Hall–Kier alpha value is -1.44. The molecule has 0 heterocycles. The first-order valence-corrected chi connectivity index (χ1v) is 8.92. The Morgan fingerprint density at radius 2 is 2.00 bits per heavy atom. The summed E-state index contributed by atoms with van der Waals surface area (Å²) < 4.78 is 0. The molecule has 0 spiro atoms. The van der Waals surface area contributed by atoms with Crippen LogP contribution in [0.2, 0.25) is 0 Å². The first-order chi connectivity index (χ1) is 11.0. The zero-order chi connectivity index (χ0) is 16.9. The van der Waals surface area contributed by atoms with Crippen molar-refractivity contribution in [3.8, 4) is 0 Å². The standard InChI is InChI=1S/C21H30O2/c1-17(2)7-6-9-19-10-13-20(15-22,14-11-19)21(16-23)12-5-4-8-18(21)3/h4-7,10,15-18H,8-9,11-14H2,1-3H3. The van der Waals surface area contributed by atoms with Gasteiger partial charge in [-0.1, -0.05) is 56.7 Å². The Bertz CT molecular complexity index is 526. The summed E-state index contributed by atoms with van der Waals surface area (Å²) in [4.78, 5) is 24.1. The van der Waals surface area contributed by atoms with Crippen molar-refractivity contribution in [2.24, 2.45) is 22.7 Å².